The van der Waals surface area contributed by atoms with E-state index in [1.54, 1.807) is 0 Å². The van der Waals surface area contributed by atoms with Gasteiger partial charge in [-0.3, -0.25) is 0 Å². The molecule has 0 aliphatic rings. The number of rotatable bonds is 6. The lowest BCUT2D eigenvalue weighted by molar-refractivity contribution is 0.368. The summed E-state index contributed by atoms with van der Waals surface area (Å²) < 4.78 is 6.33. The fourth-order valence-corrected chi connectivity index (χ4v) is 2.34. The fourth-order valence-electron chi connectivity index (χ4n) is 2.08. The Morgan fingerprint density at radius 2 is 1.81 bits per heavy atom. The molecule has 21 heavy (non-hydrogen) atoms. The van der Waals surface area contributed by atoms with Crippen LogP contribution in [0.1, 0.15) is 24.9 Å². The predicted molar refractivity (Wildman–Crippen MR) is 88.3 cm³/mol. The summed E-state index contributed by atoms with van der Waals surface area (Å²) in [5, 5.41) is 12.0. The van der Waals surface area contributed by atoms with Gasteiger partial charge in [-0.2, -0.15) is 5.26 Å². The van der Waals surface area contributed by atoms with Crippen molar-refractivity contribution < 1.29 is 4.74 Å². The van der Waals surface area contributed by atoms with Crippen LogP contribution in [0.5, 0.6) is 5.75 Å². The molecule has 0 aliphatic heterocycles. The molecule has 0 aliphatic carbocycles. The maximum atomic E-state index is 8.49. The Kier molecular flexibility index (Phi) is 5.65. The molecule has 0 saturated carbocycles. The highest BCUT2D eigenvalue weighted by Gasteiger charge is 2.09. The minimum Gasteiger partial charge on any atom is -0.479 e. The van der Waals surface area contributed by atoms with Gasteiger partial charge >= 0.3 is 0 Å². The van der Waals surface area contributed by atoms with Gasteiger partial charge in [0.2, 0.25) is 0 Å². The van der Waals surface area contributed by atoms with Crippen molar-refractivity contribution in [1.82, 2.24) is 0 Å². The summed E-state index contributed by atoms with van der Waals surface area (Å²) in [7, 11) is 0. The lowest BCUT2D eigenvalue weighted by atomic mass is 10.0. The van der Waals surface area contributed by atoms with E-state index in [1.807, 2.05) is 30.3 Å². The summed E-state index contributed by atoms with van der Waals surface area (Å²) in [5.41, 5.74) is 2.29. The lowest BCUT2D eigenvalue weighted by Crippen LogP contribution is -2.09. The van der Waals surface area contributed by atoms with Gasteiger partial charge in [-0.05, 0) is 48.4 Å². The zero-order valence-electron chi connectivity index (χ0n) is 11.8. The molecular weight excluding hydrogens is 328 g/mol. The van der Waals surface area contributed by atoms with Crippen LogP contribution in [0.25, 0.3) is 0 Å². The second-order valence-electron chi connectivity index (χ2n) is 4.63. The molecule has 0 radical (unpaired) electrons. The fraction of sp³-hybridized carbons (Fsp3) is 0.235. The number of nitrogens with zero attached hydrogens (tertiary/aromatic N) is 1. The number of nitriles is 1. The first kappa shape index (κ1) is 15.4. The zero-order chi connectivity index (χ0) is 15.1. The van der Waals surface area contributed by atoms with Crippen molar-refractivity contribution in [3.8, 4) is 11.8 Å². The zero-order valence-corrected chi connectivity index (χ0v) is 13.4. The van der Waals surface area contributed by atoms with Gasteiger partial charge < -0.3 is 10.1 Å². The van der Waals surface area contributed by atoms with E-state index in [0.717, 1.165) is 16.6 Å². The molecule has 1 atom stereocenters. The van der Waals surface area contributed by atoms with Crippen molar-refractivity contribution in [1.29, 1.82) is 5.26 Å². The molecule has 0 fully saturated rings. The van der Waals surface area contributed by atoms with Gasteiger partial charge in [-0.1, -0.05) is 35.0 Å². The Hall–Kier alpha value is -1.99. The summed E-state index contributed by atoms with van der Waals surface area (Å²) in [6.45, 7) is 2.23. The number of benzene rings is 2. The van der Waals surface area contributed by atoms with Crippen LogP contribution in [0.4, 0.5) is 5.69 Å². The van der Waals surface area contributed by atoms with E-state index in [1.165, 1.54) is 5.56 Å². The molecule has 1 N–H and O–H groups in total. The second-order valence-corrected chi connectivity index (χ2v) is 5.54. The Balaban J connectivity index is 2.04. The van der Waals surface area contributed by atoms with Crippen LogP contribution in [0.15, 0.2) is 53.0 Å². The third-order valence-electron chi connectivity index (χ3n) is 3.18. The van der Waals surface area contributed by atoms with Crippen molar-refractivity contribution >= 4 is 21.6 Å². The van der Waals surface area contributed by atoms with Crippen molar-refractivity contribution in [2.24, 2.45) is 0 Å². The Morgan fingerprint density at radius 3 is 2.38 bits per heavy atom. The van der Waals surface area contributed by atoms with E-state index in [-0.39, 0.29) is 12.6 Å². The first-order valence-corrected chi connectivity index (χ1v) is 7.64. The van der Waals surface area contributed by atoms with Gasteiger partial charge in [0.05, 0.1) is 6.04 Å². The maximum Gasteiger partial charge on any atom is 0.174 e. The Bertz CT molecular complexity index is 602. The molecule has 108 valence electrons. The smallest absolute Gasteiger partial charge is 0.174 e. The molecule has 0 saturated heterocycles. The van der Waals surface area contributed by atoms with Crippen molar-refractivity contribution in [2.75, 3.05) is 11.9 Å². The summed E-state index contributed by atoms with van der Waals surface area (Å²) >= 11 is 3.45. The highest BCUT2D eigenvalue weighted by atomic mass is 79.9. The minimum absolute atomic E-state index is 0.0727. The Labute approximate surface area is 133 Å². The average Bonchev–Trinajstić information content (AvgIpc) is 2.53. The van der Waals surface area contributed by atoms with Crippen molar-refractivity contribution in [3.63, 3.8) is 0 Å². The largest absolute Gasteiger partial charge is 0.479 e. The number of anilines is 1. The van der Waals surface area contributed by atoms with E-state index < -0.39 is 0 Å². The third-order valence-corrected chi connectivity index (χ3v) is 3.71. The molecule has 0 spiro atoms. The van der Waals surface area contributed by atoms with E-state index in [0.29, 0.717) is 5.75 Å². The highest BCUT2D eigenvalue weighted by Crippen LogP contribution is 2.25. The van der Waals surface area contributed by atoms with Crippen LogP contribution in [0.3, 0.4) is 0 Å². The highest BCUT2D eigenvalue weighted by molar-refractivity contribution is 9.10. The molecule has 3 nitrogen and oxygen atoms in total. The molecule has 0 amide bonds. The third kappa shape index (κ3) is 4.51. The van der Waals surface area contributed by atoms with Crippen LogP contribution in [-0.2, 0) is 0 Å². The standard InChI is InChI=1S/C17H17BrN2O/c1-2-17(13-3-5-14(18)6-4-13)20-15-7-9-16(10-8-15)21-12-11-19/h3-10,17,20H,2,12H2,1H3. The monoisotopic (exact) mass is 344 g/mol. The van der Waals surface area contributed by atoms with Gasteiger partial charge in [-0.15, -0.1) is 0 Å². The quantitative estimate of drug-likeness (QED) is 0.809. The molecule has 0 aromatic heterocycles. The van der Waals surface area contributed by atoms with Crippen LogP contribution in [-0.4, -0.2) is 6.61 Å². The average molecular weight is 345 g/mol. The normalized spacial score (nSPS) is 11.5. The van der Waals surface area contributed by atoms with Gasteiger partial charge in [0, 0.05) is 10.2 Å². The lowest BCUT2D eigenvalue weighted by Gasteiger charge is -2.19. The molecule has 2 aromatic carbocycles. The molecule has 1 unspecified atom stereocenters. The minimum atomic E-state index is 0.0727. The predicted octanol–water partition coefficient (Wildman–Crippen LogP) is 4.91. The Morgan fingerprint density at radius 1 is 1.14 bits per heavy atom. The summed E-state index contributed by atoms with van der Waals surface area (Å²) in [5.74, 6) is 0.707. The summed E-state index contributed by atoms with van der Waals surface area (Å²) in [6, 6.07) is 18.2. The van der Waals surface area contributed by atoms with Gasteiger partial charge in [-0.25, -0.2) is 0 Å². The van der Waals surface area contributed by atoms with Gasteiger partial charge in [0.1, 0.15) is 11.8 Å². The number of halogens is 1. The maximum absolute atomic E-state index is 8.49. The molecular formula is C17H17BrN2O. The summed E-state index contributed by atoms with van der Waals surface area (Å²) in [4.78, 5) is 0. The topological polar surface area (TPSA) is 45.0 Å². The molecule has 0 bridgehead atoms. The molecule has 4 heteroatoms. The number of ether oxygens (including phenoxy) is 1. The SMILES string of the molecule is CCC(Nc1ccc(OCC#N)cc1)c1ccc(Br)cc1. The second kappa shape index (κ2) is 7.70. The number of hydrogen-bond donors (Lipinski definition) is 1. The van der Waals surface area contributed by atoms with Crippen molar-refractivity contribution in [2.45, 2.75) is 19.4 Å². The van der Waals surface area contributed by atoms with E-state index in [2.05, 4.69) is 52.4 Å². The molecule has 0 heterocycles. The van der Waals surface area contributed by atoms with Crippen LogP contribution < -0.4 is 10.1 Å². The van der Waals surface area contributed by atoms with E-state index in [9.17, 15) is 0 Å². The van der Waals surface area contributed by atoms with Crippen LogP contribution >= 0.6 is 15.9 Å². The molecule has 2 aromatic rings. The number of hydrogen-bond acceptors (Lipinski definition) is 3. The van der Waals surface area contributed by atoms with E-state index in [4.69, 9.17) is 10.00 Å². The van der Waals surface area contributed by atoms with Crippen LogP contribution in [0, 0.1) is 11.3 Å². The van der Waals surface area contributed by atoms with E-state index >= 15 is 0 Å². The number of nitrogens with one attached hydrogen (secondary N) is 1. The first-order chi connectivity index (χ1) is 10.2. The first-order valence-electron chi connectivity index (χ1n) is 6.84. The van der Waals surface area contributed by atoms with Crippen LogP contribution in [0.2, 0.25) is 0 Å². The molecule has 2 rings (SSSR count). The summed E-state index contributed by atoms with van der Waals surface area (Å²) in [6.07, 6.45) is 0.994. The van der Waals surface area contributed by atoms with Gasteiger partial charge in [0.25, 0.3) is 0 Å². The van der Waals surface area contributed by atoms with Gasteiger partial charge in [0.15, 0.2) is 6.61 Å². The van der Waals surface area contributed by atoms with Crippen molar-refractivity contribution in [3.05, 3.63) is 58.6 Å².